The lowest BCUT2D eigenvalue weighted by atomic mass is 9.98. The molecule has 0 spiro atoms. The van der Waals surface area contributed by atoms with E-state index in [4.69, 9.17) is 16.3 Å². The summed E-state index contributed by atoms with van der Waals surface area (Å²) < 4.78 is 5.89. The number of rotatable bonds is 6. The Labute approximate surface area is 142 Å². The number of carbonyl (C=O) groups excluding carboxylic acids is 1. The smallest absolute Gasteiger partial charge is 0.265 e. The van der Waals surface area contributed by atoms with Crippen LogP contribution in [0.1, 0.15) is 38.7 Å². The van der Waals surface area contributed by atoms with Gasteiger partial charge >= 0.3 is 0 Å². The molecule has 0 aromatic heterocycles. The van der Waals surface area contributed by atoms with E-state index in [-0.39, 0.29) is 5.91 Å². The molecule has 4 heteroatoms. The number of para-hydroxylation sites is 1. The van der Waals surface area contributed by atoms with E-state index in [2.05, 4.69) is 19.2 Å². The fraction of sp³-hybridized carbons (Fsp3) is 0.316. The van der Waals surface area contributed by atoms with E-state index in [9.17, 15) is 4.79 Å². The molecule has 2 atom stereocenters. The summed E-state index contributed by atoms with van der Waals surface area (Å²) in [5.74, 6) is 0.941. The maximum atomic E-state index is 12.3. The van der Waals surface area contributed by atoms with Crippen molar-refractivity contribution in [2.75, 3.05) is 5.32 Å². The monoisotopic (exact) mass is 331 g/mol. The van der Waals surface area contributed by atoms with Crippen molar-refractivity contribution < 1.29 is 9.53 Å². The summed E-state index contributed by atoms with van der Waals surface area (Å²) in [6, 6.07) is 14.9. The molecule has 0 heterocycles. The molecule has 2 rings (SSSR count). The highest BCUT2D eigenvalue weighted by Crippen LogP contribution is 2.29. The molecule has 0 bridgehead atoms. The second kappa shape index (κ2) is 8.02. The van der Waals surface area contributed by atoms with E-state index in [1.807, 2.05) is 24.3 Å². The van der Waals surface area contributed by atoms with Crippen LogP contribution in [0.5, 0.6) is 5.75 Å². The van der Waals surface area contributed by atoms with Crippen LogP contribution in [-0.4, -0.2) is 12.0 Å². The molecule has 0 saturated carbocycles. The van der Waals surface area contributed by atoms with Crippen LogP contribution in [0.15, 0.2) is 48.5 Å². The third kappa shape index (κ3) is 4.73. The third-order valence-corrected chi connectivity index (χ3v) is 4.06. The first-order chi connectivity index (χ1) is 11.0. The van der Waals surface area contributed by atoms with Crippen LogP contribution in [0.4, 0.5) is 5.69 Å². The highest BCUT2D eigenvalue weighted by Gasteiger charge is 2.18. The van der Waals surface area contributed by atoms with E-state index in [1.54, 1.807) is 31.2 Å². The molecule has 1 N–H and O–H groups in total. The molecule has 0 fully saturated rings. The Morgan fingerprint density at radius 1 is 1.17 bits per heavy atom. The SMILES string of the molecule is CCC(C)c1ccccc1OC(C)C(=O)Nc1cccc(Cl)c1. The normalized spacial score (nSPS) is 13.2. The average Bonchev–Trinajstić information content (AvgIpc) is 2.54. The summed E-state index contributed by atoms with van der Waals surface area (Å²) in [5, 5.41) is 3.40. The largest absolute Gasteiger partial charge is 0.481 e. The van der Waals surface area contributed by atoms with Crippen molar-refractivity contribution in [3.05, 3.63) is 59.1 Å². The molecule has 23 heavy (non-hydrogen) atoms. The number of hydrogen-bond donors (Lipinski definition) is 1. The second-order valence-corrected chi connectivity index (χ2v) is 6.04. The Hall–Kier alpha value is -2.00. The van der Waals surface area contributed by atoms with Gasteiger partial charge in [-0.25, -0.2) is 0 Å². The van der Waals surface area contributed by atoms with Crippen LogP contribution < -0.4 is 10.1 Å². The molecule has 0 saturated heterocycles. The zero-order valence-corrected chi connectivity index (χ0v) is 14.4. The summed E-state index contributed by atoms with van der Waals surface area (Å²) >= 11 is 5.93. The minimum atomic E-state index is -0.598. The van der Waals surface area contributed by atoms with Gasteiger partial charge in [-0.2, -0.15) is 0 Å². The van der Waals surface area contributed by atoms with E-state index in [0.717, 1.165) is 17.7 Å². The lowest BCUT2D eigenvalue weighted by Crippen LogP contribution is -2.30. The van der Waals surface area contributed by atoms with Crippen LogP contribution in [0.2, 0.25) is 5.02 Å². The first-order valence-electron chi connectivity index (χ1n) is 7.83. The van der Waals surface area contributed by atoms with Crippen LogP contribution in [0, 0.1) is 0 Å². The Kier molecular flexibility index (Phi) is 6.05. The number of nitrogens with one attached hydrogen (secondary N) is 1. The van der Waals surface area contributed by atoms with E-state index in [0.29, 0.717) is 16.6 Å². The maximum Gasteiger partial charge on any atom is 0.265 e. The predicted octanol–water partition coefficient (Wildman–Crippen LogP) is 5.26. The zero-order chi connectivity index (χ0) is 16.8. The molecule has 0 aliphatic heterocycles. The number of carbonyl (C=O) groups is 1. The van der Waals surface area contributed by atoms with Gasteiger partial charge in [-0.1, -0.05) is 49.7 Å². The maximum absolute atomic E-state index is 12.3. The van der Waals surface area contributed by atoms with Gasteiger partial charge < -0.3 is 10.1 Å². The quantitative estimate of drug-likeness (QED) is 0.784. The number of benzene rings is 2. The Bertz CT molecular complexity index is 672. The van der Waals surface area contributed by atoms with Crippen molar-refractivity contribution in [1.82, 2.24) is 0 Å². The topological polar surface area (TPSA) is 38.3 Å². The van der Waals surface area contributed by atoms with E-state index >= 15 is 0 Å². The molecule has 2 aromatic rings. The van der Waals surface area contributed by atoms with Crippen LogP contribution in [-0.2, 0) is 4.79 Å². The molecular weight excluding hydrogens is 310 g/mol. The van der Waals surface area contributed by atoms with Gasteiger partial charge in [0.2, 0.25) is 0 Å². The summed E-state index contributed by atoms with van der Waals surface area (Å²) in [7, 11) is 0. The first kappa shape index (κ1) is 17.4. The molecule has 0 aliphatic rings. The Morgan fingerprint density at radius 2 is 1.91 bits per heavy atom. The van der Waals surface area contributed by atoms with Crippen molar-refractivity contribution in [1.29, 1.82) is 0 Å². The van der Waals surface area contributed by atoms with Crippen molar-refractivity contribution in [2.24, 2.45) is 0 Å². The zero-order valence-electron chi connectivity index (χ0n) is 13.7. The van der Waals surface area contributed by atoms with Gasteiger partial charge in [-0.05, 0) is 49.1 Å². The summed E-state index contributed by atoms with van der Waals surface area (Å²) in [4.78, 5) is 12.3. The molecule has 0 radical (unpaired) electrons. The average molecular weight is 332 g/mol. The predicted molar refractivity (Wildman–Crippen MR) is 95.3 cm³/mol. The number of ether oxygens (including phenoxy) is 1. The van der Waals surface area contributed by atoms with Gasteiger partial charge in [0.05, 0.1) is 0 Å². The molecule has 0 aliphatic carbocycles. The van der Waals surface area contributed by atoms with Gasteiger partial charge in [-0.15, -0.1) is 0 Å². The summed E-state index contributed by atoms with van der Waals surface area (Å²) in [6.07, 6.45) is 0.419. The van der Waals surface area contributed by atoms with E-state index < -0.39 is 6.10 Å². The molecule has 2 aromatic carbocycles. The number of anilines is 1. The molecule has 122 valence electrons. The van der Waals surface area contributed by atoms with Crippen molar-refractivity contribution in [2.45, 2.75) is 39.2 Å². The number of halogens is 1. The van der Waals surface area contributed by atoms with Gasteiger partial charge in [0.25, 0.3) is 5.91 Å². The minimum absolute atomic E-state index is 0.203. The fourth-order valence-electron chi connectivity index (χ4n) is 2.27. The summed E-state index contributed by atoms with van der Waals surface area (Å²) in [5.41, 5.74) is 1.78. The molecule has 2 unspecified atom stereocenters. The number of amides is 1. The lowest BCUT2D eigenvalue weighted by molar-refractivity contribution is -0.122. The molecular formula is C19H22ClNO2. The highest BCUT2D eigenvalue weighted by molar-refractivity contribution is 6.30. The van der Waals surface area contributed by atoms with Gasteiger partial charge in [0.15, 0.2) is 6.10 Å². The Balaban J connectivity index is 2.07. The van der Waals surface area contributed by atoms with Crippen LogP contribution in [0.3, 0.4) is 0 Å². The Morgan fingerprint density at radius 3 is 2.61 bits per heavy atom. The van der Waals surface area contributed by atoms with Crippen molar-refractivity contribution in [3.8, 4) is 5.75 Å². The van der Waals surface area contributed by atoms with Crippen molar-refractivity contribution >= 4 is 23.2 Å². The highest BCUT2D eigenvalue weighted by atomic mass is 35.5. The second-order valence-electron chi connectivity index (χ2n) is 5.61. The first-order valence-corrected chi connectivity index (χ1v) is 8.21. The fourth-order valence-corrected chi connectivity index (χ4v) is 2.46. The van der Waals surface area contributed by atoms with Crippen LogP contribution in [0.25, 0.3) is 0 Å². The minimum Gasteiger partial charge on any atom is -0.481 e. The molecule has 3 nitrogen and oxygen atoms in total. The van der Waals surface area contributed by atoms with Crippen molar-refractivity contribution in [3.63, 3.8) is 0 Å². The number of hydrogen-bond acceptors (Lipinski definition) is 2. The van der Waals surface area contributed by atoms with Crippen LogP contribution >= 0.6 is 11.6 Å². The van der Waals surface area contributed by atoms with E-state index in [1.165, 1.54) is 0 Å². The third-order valence-electron chi connectivity index (χ3n) is 3.83. The summed E-state index contributed by atoms with van der Waals surface area (Å²) in [6.45, 7) is 6.03. The van der Waals surface area contributed by atoms with Gasteiger partial charge in [0, 0.05) is 10.7 Å². The standard InChI is InChI=1S/C19H22ClNO2/c1-4-13(2)17-10-5-6-11-18(17)23-14(3)19(22)21-16-9-7-8-15(20)12-16/h5-14H,4H2,1-3H3,(H,21,22). The van der Waals surface area contributed by atoms with Gasteiger partial charge in [0.1, 0.15) is 5.75 Å². The lowest BCUT2D eigenvalue weighted by Gasteiger charge is -2.19. The molecule has 1 amide bonds. The van der Waals surface area contributed by atoms with Gasteiger partial charge in [-0.3, -0.25) is 4.79 Å².